The van der Waals surface area contributed by atoms with Gasteiger partial charge in [-0.05, 0) is 50.6 Å². The minimum Gasteiger partial charge on any atom is -0.484 e. The smallest absolute Gasteiger partial charge is 0.407 e. The predicted molar refractivity (Wildman–Crippen MR) is 95.5 cm³/mol. The van der Waals surface area contributed by atoms with Crippen molar-refractivity contribution in [1.82, 2.24) is 5.32 Å². The third-order valence-corrected chi connectivity index (χ3v) is 3.35. The maximum absolute atomic E-state index is 11.9. The van der Waals surface area contributed by atoms with Crippen molar-refractivity contribution in [3.63, 3.8) is 0 Å². The largest absolute Gasteiger partial charge is 0.484 e. The second-order valence-corrected chi connectivity index (χ2v) is 6.79. The highest BCUT2D eigenvalue weighted by molar-refractivity contribution is 6.30. The Hall–Kier alpha value is -2.20. The summed E-state index contributed by atoms with van der Waals surface area (Å²) in [6, 6.07) is 16.8. The van der Waals surface area contributed by atoms with Crippen LogP contribution in [0.5, 0.6) is 5.75 Å². The van der Waals surface area contributed by atoms with E-state index in [0.29, 0.717) is 17.3 Å². The van der Waals surface area contributed by atoms with Gasteiger partial charge in [0.1, 0.15) is 17.5 Å². The van der Waals surface area contributed by atoms with Gasteiger partial charge in [0.2, 0.25) is 0 Å². The summed E-state index contributed by atoms with van der Waals surface area (Å²) in [6.45, 7) is 5.77. The number of halogens is 1. The number of carbonyl (C=O) groups is 1. The number of rotatable bonds is 5. The lowest BCUT2D eigenvalue weighted by Crippen LogP contribution is -2.35. The second-order valence-electron chi connectivity index (χ2n) is 6.35. The van der Waals surface area contributed by atoms with Crippen LogP contribution in [-0.4, -0.2) is 18.2 Å². The van der Waals surface area contributed by atoms with Crippen molar-refractivity contribution in [3.8, 4) is 5.75 Å². The zero-order valence-corrected chi connectivity index (χ0v) is 14.8. The highest BCUT2D eigenvalue weighted by atomic mass is 35.5. The molecule has 0 aromatic heterocycles. The average molecular weight is 348 g/mol. The maximum Gasteiger partial charge on any atom is 0.407 e. The predicted octanol–water partition coefficient (Wildman–Crippen LogP) is 4.98. The van der Waals surface area contributed by atoms with E-state index in [4.69, 9.17) is 21.1 Å². The van der Waals surface area contributed by atoms with Crippen molar-refractivity contribution in [3.05, 3.63) is 65.2 Å². The Morgan fingerprint density at radius 2 is 1.71 bits per heavy atom. The molecule has 0 aliphatic heterocycles. The van der Waals surface area contributed by atoms with Gasteiger partial charge in [0.25, 0.3) is 0 Å². The molecule has 1 amide bonds. The first-order valence-electron chi connectivity index (χ1n) is 7.77. The molecule has 0 spiro atoms. The molecule has 1 unspecified atom stereocenters. The molecule has 0 saturated heterocycles. The lowest BCUT2D eigenvalue weighted by Gasteiger charge is -2.23. The maximum atomic E-state index is 11.9. The van der Waals surface area contributed by atoms with Crippen molar-refractivity contribution in [2.75, 3.05) is 6.54 Å². The van der Waals surface area contributed by atoms with Crippen LogP contribution in [0, 0.1) is 0 Å². The zero-order valence-electron chi connectivity index (χ0n) is 14.1. The zero-order chi connectivity index (χ0) is 17.6. The lowest BCUT2D eigenvalue weighted by atomic mass is 10.1. The fraction of sp³-hybridized carbons (Fsp3) is 0.316. The molecule has 2 aromatic carbocycles. The van der Waals surface area contributed by atoms with Crippen LogP contribution in [0.1, 0.15) is 32.4 Å². The van der Waals surface area contributed by atoms with Crippen molar-refractivity contribution in [2.45, 2.75) is 32.5 Å². The molecule has 5 heteroatoms. The summed E-state index contributed by atoms with van der Waals surface area (Å²) in [5, 5.41) is 3.40. The van der Waals surface area contributed by atoms with Gasteiger partial charge in [0, 0.05) is 5.02 Å². The van der Waals surface area contributed by atoms with Crippen molar-refractivity contribution in [1.29, 1.82) is 0 Å². The molecule has 4 nitrogen and oxygen atoms in total. The van der Waals surface area contributed by atoms with Crippen molar-refractivity contribution < 1.29 is 14.3 Å². The van der Waals surface area contributed by atoms with Crippen LogP contribution in [0.3, 0.4) is 0 Å². The summed E-state index contributed by atoms with van der Waals surface area (Å²) in [7, 11) is 0. The second kappa shape index (κ2) is 8.06. The number of alkyl carbamates (subject to hydrolysis) is 1. The third kappa shape index (κ3) is 6.13. The average Bonchev–Trinajstić information content (AvgIpc) is 2.52. The molecule has 128 valence electrons. The number of hydrogen-bond donors (Lipinski definition) is 1. The van der Waals surface area contributed by atoms with Crippen LogP contribution in [-0.2, 0) is 4.74 Å². The minimum atomic E-state index is -0.538. The number of amides is 1. The van der Waals surface area contributed by atoms with Gasteiger partial charge in [-0.25, -0.2) is 4.79 Å². The minimum absolute atomic E-state index is 0.293. The van der Waals surface area contributed by atoms with Crippen molar-refractivity contribution in [2.24, 2.45) is 0 Å². The Kier molecular flexibility index (Phi) is 6.10. The van der Waals surface area contributed by atoms with Gasteiger partial charge in [-0.3, -0.25) is 0 Å². The van der Waals surface area contributed by atoms with Crippen molar-refractivity contribution >= 4 is 17.7 Å². The molecule has 0 radical (unpaired) electrons. The van der Waals surface area contributed by atoms with Gasteiger partial charge in [0.05, 0.1) is 6.54 Å². The van der Waals surface area contributed by atoms with Gasteiger partial charge >= 0.3 is 6.09 Å². The van der Waals surface area contributed by atoms with Crippen LogP contribution >= 0.6 is 11.6 Å². The van der Waals surface area contributed by atoms with E-state index in [2.05, 4.69) is 5.32 Å². The van der Waals surface area contributed by atoms with Gasteiger partial charge in [-0.1, -0.05) is 41.9 Å². The van der Waals surface area contributed by atoms with Crippen LogP contribution in [0.25, 0.3) is 0 Å². The van der Waals surface area contributed by atoms with Gasteiger partial charge < -0.3 is 14.8 Å². The molecule has 1 N–H and O–H groups in total. The molecule has 0 aliphatic carbocycles. The standard InChI is InChI=1S/C19H22ClNO3/c1-19(2,3)24-18(22)21-13-17(14-7-5-4-6-8-14)23-16-11-9-15(20)10-12-16/h4-12,17H,13H2,1-3H3,(H,21,22). The third-order valence-electron chi connectivity index (χ3n) is 3.09. The number of ether oxygens (including phenoxy) is 2. The molecule has 0 fully saturated rings. The van der Waals surface area contributed by atoms with Gasteiger partial charge in [-0.15, -0.1) is 0 Å². The normalized spacial score (nSPS) is 12.3. The lowest BCUT2D eigenvalue weighted by molar-refractivity contribution is 0.0500. The quantitative estimate of drug-likeness (QED) is 0.829. The Balaban J connectivity index is 2.06. The fourth-order valence-corrected chi connectivity index (χ4v) is 2.19. The summed E-state index contributed by atoms with van der Waals surface area (Å²) in [5.41, 5.74) is 0.423. The van der Waals surface area contributed by atoms with E-state index >= 15 is 0 Å². The van der Waals surface area contributed by atoms with Crippen LogP contribution < -0.4 is 10.1 Å². The summed E-state index contributed by atoms with van der Waals surface area (Å²) >= 11 is 5.90. The topological polar surface area (TPSA) is 47.6 Å². The molecule has 0 aliphatic rings. The SMILES string of the molecule is CC(C)(C)OC(=O)NCC(Oc1ccc(Cl)cc1)c1ccccc1. The highest BCUT2D eigenvalue weighted by Gasteiger charge is 2.19. The molecular formula is C19H22ClNO3. The molecule has 2 aromatic rings. The fourth-order valence-electron chi connectivity index (χ4n) is 2.06. The molecular weight excluding hydrogens is 326 g/mol. The number of hydrogen-bond acceptors (Lipinski definition) is 3. The Labute approximate surface area is 147 Å². The van der Waals surface area contributed by atoms with E-state index in [1.165, 1.54) is 0 Å². The number of nitrogens with one attached hydrogen (secondary N) is 1. The molecule has 2 rings (SSSR count). The number of carbonyl (C=O) groups excluding carboxylic acids is 1. The first-order valence-corrected chi connectivity index (χ1v) is 8.15. The molecule has 1 atom stereocenters. The molecule has 0 heterocycles. The van der Waals surface area contributed by atoms with Crippen LogP contribution in [0.2, 0.25) is 5.02 Å². The first kappa shape index (κ1) is 18.1. The highest BCUT2D eigenvalue weighted by Crippen LogP contribution is 2.23. The van der Waals surface area contributed by atoms with Gasteiger partial charge in [0.15, 0.2) is 0 Å². The first-order chi connectivity index (χ1) is 11.3. The van der Waals surface area contributed by atoms with E-state index in [0.717, 1.165) is 5.56 Å². The Morgan fingerprint density at radius 3 is 2.29 bits per heavy atom. The van der Waals surface area contributed by atoms with E-state index in [-0.39, 0.29) is 6.10 Å². The molecule has 0 saturated carbocycles. The van der Waals surface area contributed by atoms with Crippen LogP contribution in [0.15, 0.2) is 54.6 Å². The van der Waals surface area contributed by atoms with Gasteiger partial charge in [-0.2, -0.15) is 0 Å². The van der Waals surface area contributed by atoms with E-state index in [1.807, 2.05) is 51.1 Å². The van der Waals surface area contributed by atoms with E-state index in [1.54, 1.807) is 24.3 Å². The monoisotopic (exact) mass is 347 g/mol. The molecule has 24 heavy (non-hydrogen) atoms. The summed E-state index contributed by atoms with van der Waals surface area (Å²) in [5.74, 6) is 0.680. The summed E-state index contributed by atoms with van der Waals surface area (Å²) in [4.78, 5) is 11.9. The summed E-state index contributed by atoms with van der Waals surface area (Å²) in [6.07, 6.45) is -0.803. The van der Waals surface area contributed by atoms with Crippen LogP contribution in [0.4, 0.5) is 4.79 Å². The van der Waals surface area contributed by atoms with E-state index in [9.17, 15) is 4.79 Å². The van der Waals surface area contributed by atoms with E-state index < -0.39 is 11.7 Å². The number of benzene rings is 2. The Morgan fingerprint density at radius 1 is 1.08 bits per heavy atom. The Bertz CT molecular complexity index is 651. The summed E-state index contributed by atoms with van der Waals surface area (Å²) < 4.78 is 11.3. The molecule has 0 bridgehead atoms.